The summed E-state index contributed by atoms with van der Waals surface area (Å²) >= 11 is 12.0. The summed E-state index contributed by atoms with van der Waals surface area (Å²) in [5.41, 5.74) is 2.45. The lowest BCUT2D eigenvalue weighted by Crippen LogP contribution is -2.34. The van der Waals surface area contributed by atoms with Crippen LogP contribution in [0.2, 0.25) is 10.0 Å². The van der Waals surface area contributed by atoms with Crippen LogP contribution in [0.5, 0.6) is 0 Å². The predicted octanol–water partition coefficient (Wildman–Crippen LogP) is 3.10. The van der Waals surface area contributed by atoms with Crippen LogP contribution in [0.4, 0.5) is 0 Å². The maximum Gasteiger partial charge on any atom is 0.251 e. The number of rotatable bonds is 7. The van der Waals surface area contributed by atoms with E-state index >= 15 is 0 Å². The Labute approximate surface area is 163 Å². The second-order valence-corrected chi connectivity index (χ2v) is 6.80. The fourth-order valence-electron chi connectivity index (χ4n) is 2.43. The van der Waals surface area contributed by atoms with Crippen molar-refractivity contribution < 1.29 is 9.59 Å². The van der Waals surface area contributed by atoms with E-state index in [4.69, 9.17) is 23.2 Å². The SMILES string of the molecule is CNC(=O)c1ccc(CN(C)CC(=O)NCc2ccc(Cl)cc2Cl)cc1. The highest BCUT2D eigenvalue weighted by Gasteiger charge is 2.09. The van der Waals surface area contributed by atoms with Crippen molar-refractivity contribution in [3.8, 4) is 0 Å². The van der Waals surface area contributed by atoms with Crippen LogP contribution >= 0.6 is 23.2 Å². The number of likely N-dealkylation sites (N-methyl/N-ethyl adjacent to an activating group) is 1. The van der Waals surface area contributed by atoms with E-state index in [0.29, 0.717) is 28.7 Å². The second kappa shape index (κ2) is 9.57. The summed E-state index contributed by atoms with van der Waals surface area (Å²) in [6.07, 6.45) is 0. The predicted molar refractivity (Wildman–Crippen MR) is 104 cm³/mol. The first kappa shape index (κ1) is 20.2. The highest BCUT2D eigenvalue weighted by molar-refractivity contribution is 6.35. The summed E-state index contributed by atoms with van der Waals surface area (Å²) < 4.78 is 0. The van der Waals surface area contributed by atoms with Crippen LogP contribution < -0.4 is 10.6 Å². The zero-order valence-electron chi connectivity index (χ0n) is 14.7. The molecule has 2 N–H and O–H groups in total. The Kier molecular flexibility index (Phi) is 7.45. The molecule has 0 unspecified atom stereocenters. The molecule has 7 heteroatoms. The lowest BCUT2D eigenvalue weighted by atomic mass is 10.1. The van der Waals surface area contributed by atoms with Gasteiger partial charge in [0.15, 0.2) is 0 Å². The van der Waals surface area contributed by atoms with Crippen LogP contribution in [0, 0.1) is 0 Å². The van der Waals surface area contributed by atoms with Crippen molar-refractivity contribution in [1.29, 1.82) is 0 Å². The normalized spacial score (nSPS) is 10.7. The molecule has 0 aliphatic rings. The van der Waals surface area contributed by atoms with Crippen molar-refractivity contribution in [2.75, 3.05) is 20.6 Å². The molecule has 0 aromatic heterocycles. The van der Waals surface area contributed by atoms with Gasteiger partial charge in [-0.2, -0.15) is 0 Å². The van der Waals surface area contributed by atoms with E-state index in [-0.39, 0.29) is 18.4 Å². The molecule has 138 valence electrons. The first-order chi connectivity index (χ1) is 12.4. The molecule has 0 saturated heterocycles. The molecule has 2 aromatic carbocycles. The lowest BCUT2D eigenvalue weighted by molar-refractivity contribution is -0.122. The number of carbonyl (C=O) groups excluding carboxylic acids is 2. The molecular weight excluding hydrogens is 373 g/mol. The Bertz CT molecular complexity index is 779. The number of nitrogens with one attached hydrogen (secondary N) is 2. The summed E-state index contributed by atoms with van der Waals surface area (Å²) in [5, 5.41) is 6.52. The maximum absolute atomic E-state index is 12.1. The van der Waals surface area contributed by atoms with Gasteiger partial charge in [-0.3, -0.25) is 14.5 Å². The van der Waals surface area contributed by atoms with Crippen molar-refractivity contribution >= 4 is 35.0 Å². The number of nitrogens with zero attached hydrogens (tertiary/aromatic N) is 1. The zero-order valence-corrected chi connectivity index (χ0v) is 16.2. The molecule has 0 heterocycles. The molecule has 5 nitrogen and oxygen atoms in total. The van der Waals surface area contributed by atoms with E-state index in [0.717, 1.165) is 11.1 Å². The minimum absolute atomic E-state index is 0.0968. The molecular formula is C19H21Cl2N3O2. The van der Waals surface area contributed by atoms with Gasteiger partial charge in [0.25, 0.3) is 5.91 Å². The molecule has 0 fully saturated rings. The summed E-state index contributed by atoms with van der Waals surface area (Å²) in [7, 11) is 3.46. The standard InChI is InChI=1S/C19H21Cl2N3O2/c1-22-19(26)14-5-3-13(4-6-14)11-24(2)12-18(25)23-10-15-7-8-16(20)9-17(15)21/h3-9H,10-12H2,1-2H3,(H,22,26)(H,23,25). The number of halogens is 2. The number of carbonyl (C=O) groups is 2. The third-order valence-corrected chi connectivity index (χ3v) is 4.39. The molecule has 0 aliphatic heterocycles. The Morgan fingerprint density at radius 3 is 2.38 bits per heavy atom. The van der Waals surface area contributed by atoms with Gasteiger partial charge in [0, 0.05) is 35.7 Å². The molecule has 0 radical (unpaired) electrons. The quantitative estimate of drug-likeness (QED) is 0.759. The van der Waals surface area contributed by atoms with Crippen molar-refractivity contribution in [3.63, 3.8) is 0 Å². The van der Waals surface area contributed by atoms with Gasteiger partial charge in [-0.25, -0.2) is 0 Å². The summed E-state index contributed by atoms with van der Waals surface area (Å²) in [6.45, 7) is 1.20. The van der Waals surface area contributed by atoms with E-state index in [2.05, 4.69) is 10.6 Å². The minimum atomic E-state index is -0.120. The van der Waals surface area contributed by atoms with Crippen LogP contribution in [-0.4, -0.2) is 37.4 Å². The van der Waals surface area contributed by atoms with Crippen molar-refractivity contribution in [2.45, 2.75) is 13.1 Å². The highest BCUT2D eigenvalue weighted by Crippen LogP contribution is 2.20. The number of hydrogen-bond donors (Lipinski definition) is 2. The Morgan fingerprint density at radius 1 is 1.08 bits per heavy atom. The van der Waals surface area contributed by atoms with Gasteiger partial charge in [0.05, 0.1) is 6.54 Å². The van der Waals surface area contributed by atoms with Crippen LogP contribution in [0.15, 0.2) is 42.5 Å². The first-order valence-corrected chi connectivity index (χ1v) is 8.85. The van der Waals surface area contributed by atoms with Crippen molar-refractivity contribution in [2.24, 2.45) is 0 Å². The highest BCUT2D eigenvalue weighted by atomic mass is 35.5. The average Bonchev–Trinajstić information content (AvgIpc) is 2.60. The molecule has 0 atom stereocenters. The molecule has 2 aromatic rings. The van der Waals surface area contributed by atoms with Crippen LogP contribution in [0.3, 0.4) is 0 Å². The fraction of sp³-hybridized carbons (Fsp3) is 0.263. The van der Waals surface area contributed by atoms with Crippen LogP contribution in [0.1, 0.15) is 21.5 Å². The molecule has 2 rings (SSSR count). The van der Waals surface area contributed by atoms with E-state index in [1.807, 2.05) is 24.1 Å². The van der Waals surface area contributed by atoms with Gasteiger partial charge in [-0.1, -0.05) is 41.4 Å². The summed E-state index contributed by atoms with van der Waals surface area (Å²) in [5.74, 6) is -0.217. The summed E-state index contributed by atoms with van der Waals surface area (Å²) in [4.78, 5) is 25.5. The van der Waals surface area contributed by atoms with Crippen LogP contribution in [0.25, 0.3) is 0 Å². The monoisotopic (exact) mass is 393 g/mol. The Morgan fingerprint density at radius 2 is 1.77 bits per heavy atom. The first-order valence-electron chi connectivity index (χ1n) is 8.09. The van der Waals surface area contributed by atoms with Gasteiger partial charge >= 0.3 is 0 Å². The van der Waals surface area contributed by atoms with Crippen LogP contribution in [-0.2, 0) is 17.9 Å². The topological polar surface area (TPSA) is 61.4 Å². The van der Waals surface area contributed by atoms with Crippen molar-refractivity contribution in [3.05, 3.63) is 69.2 Å². The number of hydrogen-bond acceptors (Lipinski definition) is 3. The van der Waals surface area contributed by atoms with E-state index in [9.17, 15) is 9.59 Å². The molecule has 0 aliphatic carbocycles. The summed E-state index contributed by atoms with van der Waals surface area (Å²) in [6, 6.07) is 12.5. The largest absolute Gasteiger partial charge is 0.355 e. The molecule has 26 heavy (non-hydrogen) atoms. The molecule has 0 saturated carbocycles. The molecule has 0 bridgehead atoms. The van der Waals surface area contributed by atoms with E-state index in [1.54, 1.807) is 37.4 Å². The maximum atomic E-state index is 12.1. The van der Waals surface area contributed by atoms with Gasteiger partial charge in [0.2, 0.25) is 5.91 Å². The third-order valence-electron chi connectivity index (χ3n) is 3.80. The van der Waals surface area contributed by atoms with Gasteiger partial charge < -0.3 is 10.6 Å². The van der Waals surface area contributed by atoms with Gasteiger partial charge in [-0.15, -0.1) is 0 Å². The Balaban J connectivity index is 1.82. The minimum Gasteiger partial charge on any atom is -0.355 e. The third kappa shape index (κ3) is 6.02. The Hall–Kier alpha value is -2.08. The average molecular weight is 394 g/mol. The van der Waals surface area contributed by atoms with Gasteiger partial charge in [-0.05, 0) is 42.4 Å². The second-order valence-electron chi connectivity index (χ2n) is 5.96. The number of benzene rings is 2. The van der Waals surface area contributed by atoms with Gasteiger partial charge in [0.1, 0.15) is 0 Å². The zero-order chi connectivity index (χ0) is 19.1. The lowest BCUT2D eigenvalue weighted by Gasteiger charge is -2.17. The fourth-order valence-corrected chi connectivity index (χ4v) is 2.91. The number of amides is 2. The van der Waals surface area contributed by atoms with E-state index in [1.165, 1.54) is 0 Å². The molecule has 0 spiro atoms. The smallest absolute Gasteiger partial charge is 0.251 e. The van der Waals surface area contributed by atoms with E-state index < -0.39 is 0 Å². The van der Waals surface area contributed by atoms with Crippen molar-refractivity contribution in [1.82, 2.24) is 15.5 Å². The molecule has 2 amide bonds.